The second kappa shape index (κ2) is 3.48. The van der Waals surface area contributed by atoms with Crippen LogP contribution in [0.2, 0.25) is 0 Å². The Balaban J connectivity index is 2.28. The largest absolute Gasteiger partial charge is 0.496 e. The second-order valence-electron chi connectivity index (χ2n) is 4.66. The van der Waals surface area contributed by atoms with E-state index in [0.717, 1.165) is 27.2 Å². The number of methoxy groups -OCH3 is 1. The van der Waals surface area contributed by atoms with Crippen LogP contribution in [0, 0.1) is 0 Å². The van der Waals surface area contributed by atoms with E-state index in [0.29, 0.717) is 11.3 Å². The highest BCUT2D eigenvalue weighted by molar-refractivity contribution is 6.29. The van der Waals surface area contributed by atoms with Gasteiger partial charge in [0, 0.05) is 5.39 Å². The number of rotatable bonds is 1. The molecule has 3 aromatic carbocycles. The van der Waals surface area contributed by atoms with Gasteiger partial charge >= 0.3 is 0 Å². The van der Waals surface area contributed by atoms with Crippen molar-refractivity contribution < 1.29 is 9.53 Å². The van der Waals surface area contributed by atoms with Crippen LogP contribution in [0.4, 0.5) is 5.69 Å². The third kappa shape index (κ3) is 1.24. The van der Waals surface area contributed by atoms with Crippen LogP contribution in [0.25, 0.3) is 21.5 Å². The lowest BCUT2D eigenvalue weighted by Crippen LogP contribution is -2.05. The molecule has 3 heteroatoms. The lowest BCUT2D eigenvalue weighted by atomic mass is 9.98. The zero-order valence-corrected chi connectivity index (χ0v) is 10.4. The van der Waals surface area contributed by atoms with Crippen molar-refractivity contribution in [3.63, 3.8) is 0 Å². The minimum Gasteiger partial charge on any atom is -0.496 e. The number of amides is 1. The summed E-state index contributed by atoms with van der Waals surface area (Å²) in [5.41, 5.74) is 1.51. The Morgan fingerprint density at radius 2 is 1.89 bits per heavy atom. The average Bonchev–Trinajstić information content (AvgIpc) is 2.77. The molecule has 1 heterocycles. The minimum absolute atomic E-state index is 0.0900. The average molecular weight is 249 g/mol. The molecule has 0 aromatic heterocycles. The maximum Gasteiger partial charge on any atom is 0.260 e. The SMILES string of the molecule is COc1ccc2c3c(cc4ccccc42)NC(=O)c13. The Labute approximate surface area is 109 Å². The number of ether oxygens (including phenoxy) is 1. The summed E-state index contributed by atoms with van der Waals surface area (Å²) in [5.74, 6) is 0.534. The van der Waals surface area contributed by atoms with Gasteiger partial charge in [0.25, 0.3) is 5.91 Å². The van der Waals surface area contributed by atoms with E-state index in [1.54, 1.807) is 7.11 Å². The zero-order chi connectivity index (χ0) is 13.0. The van der Waals surface area contributed by atoms with Gasteiger partial charge in [0.1, 0.15) is 5.75 Å². The summed E-state index contributed by atoms with van der Waals surface area (Å²) >= 11 is 0. The number of fused-ring (bicyclic) bond motifs is 2. The number of hydrogen-bond donors (Lipinski definition) is 1. The molecule has 0 aliphatic carbocycles. The molecule has 1 aliphatic heterocycles. The summed E-state index contributed by atoms with van der Waals surface area (Å²) < 4.78 is 5.30. The van der Waals surface area contributed by atoms with Crippen molar-refractivity contribution in [2.45, 2.75) is 0 Å². The quantitative estimate of drug-likeness (QED) is 0.669. The number of nitrogens with one attached hydrogen (secondary N) is 1. The topological polar surface area (TPSA) is 38.3 Å². The molecule has 0 unspecified atom stereocenters. The summed E-state index contributed by atoms with van der Waals surface area (Å²) in [6.45, 7) is 0. The van der Waals surface area contributed by atoms with Gasteiger partial charge in [0.2, 0.25) is 0 Å². The minimum atomic E-state index is -0.0900. The van der Waals surface area contributed by atoms with Gasteiger partial charge in [0.15, 0.2) is 0 Å². The van der Waals surface area contributed by atoms with Crippen molar-refractivity contribution in [3.05, 3.63) is 48.0 Å². The molecular formula is C16H11NO2. The first-order chi connectivity index (χ1) is 9.29. The summed E-state index contributed by atoms with van der Waals surface area (Å²) in [6, 6.07) is 14.0. The molecule has 1 aliphatic rings. The smallest absolute Gasteiger partial charge is 0.260 e. The van der Waals surface area contributed by atoms with Crippen molar-refractivity contribution in [3.8, 4) is 5.75 Å². The van der Waals surface area contributed by atoms with E-state index in [1.807, 2.05) is 30.3 Å². The fourth-order valence-corrected chi connectivity index (χ4v) is 2.86. The third-order valence-corrected chi connectivity index (χ3v) is 3.68. The van der Waals surface area contributed by atoms with Crippen LogP contribution in [0.3, 0.4) is 0 Å². The first-order valence-electron chi connectivity index (χ1n) is 6.13. The monoisotopic (exact) mass is 249 g/mol. The van der Waals surface area contributed by atoms with Crippen LogP contribution in [0.1, 0.15) is 10.4 Å². The number of benzene rings is 3. The van der Waals surface area contributed by atoms with Crippen LogP contribution in [0.5, 0.6) is 5.75 Å². The Morgan fingerprint density at radius 1 is 1.05 bits per heavy atom. The van der Waals surface area contributed by atoms with E-state index in [2.05, 4.69) is 17.4 Å². The standard InChI is InChI=1S/C16H11NO2/c1-19-13-7-6-11-10-5-3-2-4-9(10)8-12-14(11)15(13)16(18)17-12/h2-8H,1H3,(H,17,18). The number of carbonyl (C=O) groups is 1. The zero-order valence-electron chi connectivity index (χ0n) is 10.4. The molecule has 92 valence electrons. The van der Waals surface area contributed by atoms with E-state index in [1.165, 1.54) is 0 Å². The molecule has 0 radical (unpaired) electrons. The lowest BCUT2D eigenvalue weighted by molar-refractivity contribution is 0.102. The number of hydrogen-bond acceptors (Lipinski definition) is 2. The molecule has 0 atom stereocenters. The molecule has 1 amide bonds. The van der Waals surface area contributed by atoms with E-state index in [-0.39, 0.29) is 5.91 Å². The summed E-state index contributed by atoms with van der Waals surface area (Å²) in [4.78, 5) is 12.1. The van der Waals surface area contributed by atoms with Gasteiger partial charge in [0.05, 0.1) is 18.4 Å². The number of carbonyl (C=O) groups excluding carboxylic acids is 1. The van der Waals surface area contributed by atoms with Crippen molar-refractivity contribution in [2.24, 2.45) is 0 Å². The van der Waals surface area contributed by atoms with Crippen LogP contribution in [-0.2, 0) is 0 Å². The Bertz CT molecular complexity index is 852. The predicted molar refractivity (Wildman–Crippen MR) is 76.0 cm³/mol. The Hall–Kier alpha value is -2.55. The first-order valence-corrected chi connectivity index (χ1v) is 6.13. The molecule has 0 saturated heterocycles. The molecule has 4 rings (SSSR count). The highest BCUT2D eigenvalue weighted by atomic mass is 16.5. The Kier molecular flexibility index (Phi) is 1.90. The molecular weight excluding hydrogens is 238 g/mol. The highest BCUT2D eigenvalue weighted by Crippen LogP contribution is 2.41. The fourth-order valence-electron chi connectivity index (χ4n) is 2.86. The first kappa shape index (κ1) is 10.4. The molecule has 0 fully saturated rings. The molecule has 3 aromatic rings. The van der Waals surface area contributed by atoms with Crippen LogP contribution in [0.15, 0.2) is 42.5 Å². The van der Waals surface area contributed by atoms with Crippen molar-refractivity contribution >= 4 is 33.1 Å². The van der Waals surface area contributed by atoms with Gasteiger partial charge in [-0.3, -0.25) is 4.79 Å². The van der Waals surface area contributed by atoms with Crippen molar-refractivity contribution in [1.29, 1.82) is 0 Å². The van der Waals surface area contributed by atoms with E-state index >= 15 is 0 Å². The molecule has 3 nitrogen and oxygen atoms in total. The van der Waals surface area contributed by atoms with Crippen molar-refractivity contribution in [2.75, 3.05) is 12.4 Å². The maximum absolute atomic E-state index is 12.1. The van der Waals surface area contributed by atoms with Gasteiger partial charge in [-0.15, -0.1) is 0 Å². The summed E-state index contributed by atoms with van der Waals surface area (Å²) in [6.07, 6.45) is 0. The normalized spacial score (nSPS) is 13.0. The Morgan fingerprint density at radius 3 is 2.74 bits per heavy atom. The van der Waals surface area contributed by atoms with E-state index in [9.17, 15) is 4.79 Å². The van der Waals surface area contributed by atoms with Gasteiger partial charge in [-0.2, -0.15) is 0 Å². The van der Waals surface area contributed by atoms with Gasteiger partial charge in [-0.05, 0) is 34.4 Å². The van der Waals surface area contributed by atoms with Gasteiger partial charge < -0.3 is 10.1 Å². The molecule has 1 N–H and O–H groups in total. The van der Waals surface area contributed by atoms with Crippen LogP contribution >= 0.6 is 0 Å². The lowest BCUT2D eigenvalue weighted by Gasteiger charge is -2.08. The maximum atomic E-state index is 12.1. The molecule has 0 bridgehead atoms. The third-order valence-electron chi connectivity index (χ3n) is 3.68. The summed E-state index contributed by atoms with van der Waals surface area (Å²) in [7, 11) is 1.59. The van der Waals surface area contributed by atoms with Gasteiger partial charge in [-0.1, -0.05) is 24.3 Å². The molecule has 19 heavy (non-hydrogen) atoms. The van der Waals surface area contributed by atoms with Crippen LogP contribution in [-0.4, -0.2) is 13.0 Å². The molecule has 0 saturated carbocycles. The molecule has 0 spiro atoms. The van der Waals surface area contributed by atoms with Crippen molar-refractivity contribution in [1.82, 2.24) is 0 Å². The van der Waals surface area contributed by atoms with Gasteiger partial charge in [-0.25, -0.2) is 0 Å². The number of anilines is 1. The fraction of sp³-hybridized carbons (Fsp3) is 0.0625. The predicted octanol–water partition coefficient (Wildman–Crippen LogP) is 3.57. The van der Waals surface area contributed by atoms with E-state index < -0.39 is 0 Å². The van der Waals surface area contributed by atoms with E-state index in [4.69, 9.17) is 4.74 Å². The highest BCUT2D eigenvalue weighted by Gasteiger charge is 2.26. The second-order valence-corrected chi connectivity index (χ2v) is 4.66. The summed E-state index contributed by atoms with van der Waals surface area (Å²) in [5, 5.41) is 7.25. The van der Waals surface area contributed by atoms with Crippen LogP contribution < -0.4 is 10.1 Å².